The SMILES string of the molecule is CC(Oc1ccc(F)cc1)C(=O)NNC(=O)COc1ccc2ccccc2c1. The summed E-state index contributed by atoms with van der Waals surface area (Å²) in [5.74, 6) is -0.579. The van der Waals surface area contributed by atoms with Gasteiger partial charge in [0, 0.05) is 0 Å². The van der Waals surface area contributed by atoms with Crippen LogP contribution in [0.15, 0.2) is 66.7 Å². The predicted molar refractivity (Wildman–Crippen MR) is 102 cm³/mol. The number of nitrogens with one attached hydrogen (secondary N) is 2. The number of hydrogen-bond donors (Lipinski definition) is 2. The summed E-state index contributed by atoms with van der Waals surface area (Å²) >= 11 is 0. The molecule has 0 fully saturated rings. The lowest BCUT2D eigenvalue weighted by Gasteiger charge is -2.15. The van der Waals surface area contributed by atoms with E-state index in [4.69, 9.17) is 9.47 Å². The second-order valence-corrected chi connectivity index (χ2v) is 6.05. The second kappa shape index (κ2) is 8.85. The van der Waals surface area contributed by atoms with Gasteiger partial charge >= 0.3 is 0 Å². The van der Waals surface area contributed by atoms with Crippen LogP contribution < -0.4 is 20.3 Å². The zero-order valence-electron chi connectivity index (χ0n) is 15.1. The smallest absolute Gasteiger partial charge is 0.279 e. The van der Waals surface area contributed by atoms with Crippen molar-refractivity contribution in [2.75, 3.05) is 6.61 Å². The molecule has 7 heteroatoms. The summed E-state index contributed by atoms with van der Waals surface area (Å²) in [6, 6.07) is 18.6. The summed E-state index contributed by atoms with van der Waals surface area (Å²) in [6.45, 7) is 1.25. The number of carbonyl (C=O) groups excluding carboxylic acids is 2. The topological polar surface area (TPSA) is 76.7 Å². The molecule has 28 heavy (non-hydrogen) atoms. The maximum Gasteiger partial charge on any atom is 0.279 e. The minimum atomic E-state index is -0.882. The lowest BCUT2D eigenvalue weighted by Crippen LogP contribution is -2.48. The molecule has 3 rings (SSSR count). The number of benzene rings is 3. The first-order valence-electron chi connectivity index (χ1n) is 8.64. The van der Waals surface area contributed by atoms with E-state index in [1.54, 1.807) is 6.07 Å². The van der Waals surface area contributed by atoms with Gasteiger partial charge in [-0.2, -0.15) is 0 Å². The lowest BCUT2D eigenvalue weighted by molar-refractivity contribution is -0.133. The van der Waals surface area contributed by atoms with E-state index in [1.807, 2.05) is 36.4 Å². The Kier molecular flexibility index (Phi) is 6.06. The largest absolute Gasteiger partial charge is 0.484 e. The van der Waals surface area contributed by atoms with Gasteiger partial charge in [0.15, 0.2) is 12.7 Å². The Balaban J connectivity index is 1.43. The number of ether oxygens (including phenoxy) is 2. The van der Waals surface area contributed by atoms with Crippen LogP contribution in [0.5, 0.6) is 11.5 Å². The molecular weight excluding hydrogens is 363 g/mol. The van der Waals surface area contributed by atoms with Gasteiger partial charge in [-0.25, -0.2) is 4.39 Å². The Morgan fingerprint density at radius 2 is 1.61 bits per heavy atom. The van der Waals surface area contributed by atoms with Crippen LogP contribution in [0.25, 0.3) is 10.8 Å². The fourth-order valence-electron chi connectivity index (χ4n) is 2.45. The number of fused-ring (bicyclic) bond motifs is 1. The third kappa shape index (κ3) is 5.20. The van der Waals surface area contributed by atoms with Crippen molar-refractivity contribution in [3.05, 3.63) is 72.5 Å². The van der Waals surface area contributed by atoms with Crippen molar-refractivity contribution in [2.45, 2.75) is 13.0 Å². The maximum absolute atomic E-state index is 12.9. The van der Waals surface area contributed by atoms with Gasteiger partial charge in [0.05, 0.1) is 0 Å². The summed E-state index contributed by atoms with van der Waals surface area (Å²) < 4.78 is 23.7. The molecule has 1 atom stereocenters. The van der Waals surface area contributed by atoms with Crippen LogP contribution in [0.3, 0.4) is 0 Å². The van der Waals surface area contributed by atoms with Crippen molar-refractivity contribution in [2.24, 2.45) is 0 Å². The van der Waals surface area contributed by atoms with E-state index in [0.717, 1.165) is 10.8 Å². The summed E-state index contributed by atoms with van der Waals surface area (Å²) in [4.78, 5) is 23.8. The number of amides is 2. The molecule has 3 aromatic carbocycles. The Bertz CT molecular complexity index is 976. The van der Waals surface area contributed by atoms with Crippen molar-refractivity contribution in [3.8, 4) is 11.5 Å². The van der Waals surface area contributed by atoms with Crippen LogP contribution in [0.2, 0.25) is 0 Å². The zero-order valence-corrected chi connectivity index (χ0v) is 15.1. The van der Waals surface area contributed by atoms with Crippen molar-refractivity contribution < 1.29 is 23.5 Å². The van der Waals surface area contributed by atoms with Crippen LogP contribution in [0.4, 0.5) is 4.39 Å². The number of hydrogen-bond acceptors (Lipinski definition) is 4. The van der Waals surface area contributed by atoms with E-state index in [-0.39, 0.29) is 6.61 Å². The number of rotatable bonds is 6. The molecule has 0 saturated carbocycles. The molecule has 3 aromatic rings. The maximum atomic E-state index is 12.9. The molecule has 2 amide bonds. The third-order valence-electron chi connectivity index (χ3n) is 3.91. The van der Waals surface area contributed by atoms with Crippen LogP contribution in [-0.4, -0.2) is 24.5 Å². The Morgan fingerprint density at radius 1 is 0.929 bits per heavy atom. The van der Waals surface area contributed by atoms with Crippen LogP contribution in [0, 0.1) is 5.82 Å². The highest BCUT2D eigenvalue weighted by Gasteiger charge is 2.15. The highest BCUT2D eigenvalue weighted by Crippen LogP contribution is 2.20. The molecule has 144 valence electrons. The fraction of sp³-hybridized carbons (Fsp3) is 0.143. The van der Waals surface area contributed by atoms with E-state index in [0.29, 0.717) is 11.5 Å². The Hall–Kier alpha value is -3.61. The summed E-state index contributed by atoms with van der Waals surface area (Å²) in [7, 11) is 0. The molecular formula is C21H19FN2O4. The fourth-order valence-corrected chi connectivity index (χ4v) is 2.45. The molecule has 2 N–H and O–H groups in total. The third-order valence-corrected chi connectivity index (χ3v) is 3.91. The van der Waals surface area contributed by atoms with Gasteiger partial charge in [-0.15, -0.1) is 0 Å². The molecule has 0 aliphatic heterocycles. The molecule has 6 nitrogen and oxygen atoms in total. The van der Waals surface area contributed by atoms with E-state index >= 15 is 0 Å². The standard InChI is InChI=1S/C21H19FN2O4/c1-14(28-18-10-7-17(22)8-11-18)21(26)24-23-20(25)13-27-19-9-6-15-4-2-3-5-16(15)12-19/h2-12,14H,13H2,1H3,(H,23,25)(H,24,26). The van der Waals surface area contributed by atoms with Gasteiger partial charge in [0.1, 0.15) is 17.3 Å². The van der Waals surface area contributed by atoms with Crippen LogP contribution >= 0.6 is 0 Å². The summed E-state index contributed by atoms with van der Waals surface area (Å²) in [5, 5.41) is 2.07. The highest BCUT2D eigenvalue weighted by atomic mass is 19.1. The van der Waals surface area contributed by atoms with E-state index in [2.05, 4.69) is 10.9 Å². The first kappa shape index (κ1) is 19.2. The minimum absolute atomic E-state index is 0.258. The van der Waals surface area contributed by atoms with E-state index < -0.39 is 23.7 Å². The molecule has 0 radical (unpaired) electrons. The monoisotopic (exact) mass is 382 g/mol. The highest BCUT2D eigenvalue weighted by molar-refractivity contribution is 5.86. The summed E-state index contributed by atoms with van der Waals surface area (Å²) in [5.41, 5.74) is 4.52. The molecule has 0 saturated heterocycles. The van der Waals surface area contributed by atoms with Gasteiger partial charge in [0.2, 0.25) is 0 Å². The average molecular weight is 382 g/mol. The first-order valence-corrected chi connectivity index (χ1v) is 8.64. The van der Waals surface area contributed by atoms with Gasteiger partial charge < -0.3 is 9.47 Å². The predicted octanol–water partition coefficient (Wildman–Crippen LogP) is 2.97. The molecule has 1 unspecified atom stereocenters. The van der Waals surface area contributed by atoms with Crippen molar-refractivity contribution >= 4 is 22.6 Å². The minimum Gasteiger partial charge on any atom is -0.484 e. The van der Waals surface area contributed by atoms with Crippen LogP contribution in [-0.2, 0) is 9.59 Å². The quantitative estimate of drug-likeness (QED) is 0.643. The van der Waals surface area contributed by atoms with E-state index in [9.17, 15) is 14.0 Å². The van der Waals surface area contributed by atoms with Gasteiger partial charge in [-0.3, -0.25) is 20.4 Å². The molecule has 0 aliphatic rings. The molecule has 0 bridgehead atoms. The van der Waals surface area contributed by atoms with Gasteiger partial charge in [-0.1, -0.05) is 30.3 Å². The Morgan fingerprint density at radius 3 is 2.36 bits per heavy atom. The van der Waals surface area contributed by atoms with Crippen LogP contribution in [0.1, 0.15) is 6.92 Å². The van der Waals surface area contributed by atoms with Crippen molar-refractivity contribution in [1.82, 2.24) is 10.9 Å². The van der Waals surface area contributed by atoms with Gasteiger partial charge in [0.25, 0.3) is 11.8 Å². The number of hydrazine groups is 1. The molecule has 0 spiro atoms. The lowest BCUT2D eigenvalue weighted by atomic mass is 10.1. The molecule has 0 heterocycles. The van der Waals surface area contributed by atoms with Crippen molar-refractivity contribution in [1.29, 1.82) is 0 Å². The second-order valence-electron chi connectivity index (χ2n) is 6.05. The molecule has 0 aliphatic carbocycles. The zero-order chi connectivity index (χ0) is 19.9. The van der Waals surface area contributed by atoms with Crippen molar-refractivity contribution in [3.63, 3.8) is 0 Å². The van der Waals surface area contributed by atoms with E-state index in [1.165, 1.54) is 31.2 Å². The number of halogens is 1. The summed E-state index contributed by atoms with van der Waals surface area (Å²) in [6.07, 6.45) is -0.882. The first-order chi connectivity index (χ1) is 13.5. The average Bonchev–Trinajstić information content (AvgIpc) is 2.71. The normalized spacial score (nSPS) is 11.5. The van der Waals surface area contributed by atoms with Gasteiger partial charge in [-0.05, 0) is 54.1 Å². The molecule has 0 aromatic heterocycles. The Labute approximate surface area is 161 Å². The number of carbonyl (C=O) groups is 2.